The molecule has 0 rings (SSSR count). The number of methoxy groups -OCH3 is 1. The molecule has 1 atom stereocenters. The molecule has 0 aromatic heterocycles. The Labute approximate surface area is 90.2 Å². The molecule has 0 saturated heterocycles. The minimum Gasteiger partial charge on any atom is -0.379 e. The van der Waals surface area contributed by atoms with Gasteiger partial charge < -0.3 is 4.74 Å². The zero-order valence-electron chi connectivity index (χ0n) is 11.1. The lowest BCUT2D eigenvalue weighted by atomic mass is 9.73. The smallest absolute Gasteiger partial charge is 0.0625 e. The van der Waals surface area contributed by atoms with Crippen LogP contribution in [0.15, 0.2) is 0 Å². The standard InChI is InChI=1S/C13H28O/c1-8-9-11(12(2,3)4)10-13(5,6)14-7/h11H,8-10H2,1-7H3. The van der Waals surface area contributed by atoms with Crippen molar-refractivity contribution in [3.05, 3.63) is 0 Å². The Morgan fingerprint density at radius 1 is 1.07 bits per heavy atom. The molecule has 0 saturated carbocycles. The van der Waals surface area contributed by atoms with E-state index in [1.165, 1.54) is 12.8 Å². The summed E-state index contributed by atoms with van der Waals surface area (Å²) in [5.74, 6) is 0.752. The van der Waals surface area contributed by atoms with Crippen molar-refractivity contribution < 1.29 is 4.74 Å². The van der Waals surface area contributed by atoms with Crippen LogP contribution in [0.1, 0.15) is 60.8 Å². The summed E-state index contributed by atoms with van der Waals surface area (Å²) in [5, 5.41) is 0. The maximum absolute atomic E-state index is 5.51. The van der Waals surface area contributed by atoms with Crippen LogP contribution < -0.4 is 0 Å². The molecule has 0 fully saturated rings. The van der Waals surface area contributed by atoms with Crippen LogP contribution in [0.4, 0.5) is 0 Å². The van der Waals surface area contributed by atoms with E-state index >= 15 is 0 Å². The van der Waals surface area contributed by atoms with Crippen LogP contribution in [0.3, 0.4) is 0 Å². The predicted molar refractivity (Wildman–Crippen MR) is 63.6 cm³/mol. The normalized spacial score (nSPS) is 15.6. The van der Waals surface area contributed by atoms with Gasteiger partial charge in [-0.25, -0.2) is 0 Å². The second kappa shape index (κ2) is 5.16. The SMILES string of the molecule is CCCC(CC(C)(C)OC)C(C)(C)C. The van der Waals surface area contributed by atoms with E-state index in [9.17, 15) is 0 Å². The van der Waals surface area contributed by atoms with Gasteiger partial charge in [-0.05, 0) is 31.6 Å². The van der Waals surface area contributed by atoms with Crippen LogP contribution in [0.5, 0.6) is 0 Å². The van der Waals surface area contributed by atoms with Crippen molar-refractivity contribution in [2.75, 3.05) is 7.11 Å². The van der Waals surface area contributed by atoms with E-state index in [-0.39, 0.29) is 5.60 Å². The van der Waals surface area contributed by atoms with Gasteiger partial charge in [-0.15, -0.1) is 0 Å². The van der Waals surface area contributed by atoms with Gasteiger partial charge in [-0.2, -0.15) is 0 Å². The summed E-state index contributed by atoms with van der Waals surface area (Å²) in [6, 6.07) is 0. The molecule has 0 aliphatic carbocycles. The van der Waals surface area contributed by atoms with Crippen molar-refractivity contribution in [2.24, 2.45) is 11.3 Å². The van der Waals surface area contributed by atoms with E-state index in [4.69, 9.17) is 4.74 Å². The molecule has 0 spiro atoms. The number of hydrogen-bond acceptors (Lipinski definition) is 1. The fourth-order valence-corrected chi connectivity index (χ4v) is 1.87. The van der Waals surface area contributed by atoms with Gasteiger partial charge in [-0.3, -0.25) is 0 Å². The second-order valence-electron chi connectivity index (χ2n) is 6.02. The maximum atomic E-state index is 5.51. The lowest BCUT2D eigenvalue weighted by molar-refractivity contribution is -0.0150. The van der Waals surface area contributed by atoms with Gasteiger partial charge in [0.25, 0.3) is 0 Å². The lowest BCUT2D eigenvalue weighted by Crippen LogP contribution is -2.32. The second-order valence-corrected chi connectivity index (χ2v) is 6.02. The minimum atomic E-state index is 0.0209. The average molecular weight is 200 g/mol. The fourth-order valence-electron chi connectivity index (χ4n) is 1.87. The van der Waals surface area contributed by atoms with Gasteiger partial charge in [0.1, 0.15) is 0 Å². The van der Waals surface area contributed by atoms with E-state index in [1.807, 2.05) is 7.11 Å². The first kappa shape index (κ1) is 14.0. The summed E-state index contributed by atoms with van der Waals surface area (Å²) in [4.78, 5) is 0. The first-order chi connectivity index (χ1) is 6.23. The summed E-state index contributed by atoms with van der Waals surface area (Å²) < 4.78 is 5.51. The molecule has 0 aromatic rings. The molecule has 0 aliphatic heterocycles. The zero-order valence-corrected chi connectivity index (χ0v) is 11.1. The number of rotatable bonds is 5. The highest BCUT2D eigenvalue weighted by Crippen LogP contribution is 2.36. The number of hydrogen-bond donors (Lipinski definition) is 0. The Kier molecular flexibility index (Phi) is 5.14. The molecule has 86 valence electrons. The molecule has 14 heavy (non-hydrogen) atoms. The molecule has 0 radical (unpaired) electrons. The first-order valence-corrected chi connectivity index (χ1v) is 5.78. The van der Waals surface area contributed by atoms with Gasteiger partial charge in [0, 0.05) is 7.11 Å². The third kappa shape index (κ3) is 4.99. The van der Waals surface area contributed by atoms with Gasteiger partial charge in [0.2, 0.25) is 0 Å². The first-order valence-electron chi connectivity index (χ1n) is 5.78. The molecule has 0 amide bonds. The van der Waals surface area contributed by atoms with E-state index < -0.39 is 0 Å². The van der Waals surface area contributed by atoms with Gasteiger partial charge in [0.05, 0.1) is 5.60 Å². The highest BCUT2D eigenvalue weighted by atomic mass is 16.5. The van der Waals surface area contributed by atoms with Crippen LogP contribution in [0.2, 0.25) is 0 Å². The summed E-state index contributed by atoms with van der Waals surface area (Å²) in [6.45, 7) is 13.6. The van der Waals surface area contributed by atoms with Gasteiger partial charge in [-0.1, -0.05) is 40.5 Å². The molecule has 0 heterocycles. The summed E-state index contributed by atoms with van der Waals surface area (Å²) in [7, 11) is 1.81. The molecular formula is C13H28O. The fraction of sp³-hybridized carbons (Fsp3) is 1.00. The van der Waals surface area contributed by atoms with Crippen molar-refractivity contribution >= 4 is 0 Å². The third-order valence-corrected chi connectivity index (χ3v) is 3.15. The minimum absolute atomic E-state index is 0.0209. The van der Waals surface area contributed by atoms with E-state index in [0.29, 0.717) is 5.41 Å². The van der Waals surface area contributed by atoms with Crippen LogP contribution >= 0.6 is 0 Å². The van der Waals surface area contributed by atoms with Crippen molar-refractivity contribution in [1.29, 1.82) is 0 Å². The maximum Gasteiger partial charge on any atom is 0.0625 e. The Morgan fingerprint density at radius 2 is 1.57 bits per heavy atom. The summed E-state index contributed by atoms with van der Waals surface area (Å²) in [5.41, 5.74) is 0.416. The summed E-state index contributed by atoms with van der Waals surface area (Å²) in [6.07, 6.45) is 3.72. The van der Waals surface area contributed by atoms with Crippen molar-refractivity contribution in [3.63, 3.8) is 0 Å². The lowest BCUT2D eigenvalue weighted by Gasteiger charge is -2.36. The molecule has 1 unspecified atom stereocenters. The summed E-state index contributed by atoms with van der Waals surface area (Å²) >= 11 is 0. The molecule has 0 N–H and O–H groups in total. The average Bonchev–Trinajstić information content (AvgIpc) is 2.02. The Morgan fingerprint density at radius 3 is 1.86 bits per heavy atom. The molecule has 1 heteroatoms. The van der Waals surface area contributed by atoms with Gasteiger partial charge >= 0.3 is 0 Å². The molecule has 1 nitrogen and oxygen atoms in total. The van der Waals surface area contributed by atoms with Crippen LogP contribution in [0.25, 0.3) is 0 Å². The third-order valence-electron chi connectivity index (χ3n) is 3.15. The van der Waals surface area contributed by atoms with E-state index in [2.05, 4.69) is 41.5 Å². The monoisotopic (exact) mass is 200 g/mol. The quantitative estimate of drug-likeness (QED) is 0.644. The zero-order chi connectivity index (χ0) is 11.4. The van der Waals surface area contributed by atoms with Crippen molar-refractivity contribution in [3.8, 4) is 0 Å². The topological polar surface area (TPSA) is 9.23 Å². The Hall–Kier alpha value is -0.0400. The van der Waals surface area contributed by atoms with Gasteiger partial charge in [0.15, 0.2) is 0 Å². The van der Waals surface area contributed by atoms with E-state index in [0.717, 1.165) is 12.3 Å². The Balaban J connectivity index is 4.38. The highest BCUT2D eigenvalue weighted by Gasteiger charge is 2.30. The Bertz CT molecular complexity index is 150. The highest BCUT2D eigenvalue weighted by molar-refractivity contribution is 4.81. The molecular weight excluding hydrogens is 172 g/mol. The molecule has 0 aromatic carbocycles. The predicted octanol–water partition coefficient (Wildman–Crippen LogP) is 4.26. The molecule has 0 aliphatic rings. The van der Waals surface area contributed by atoms with E-state index in [1.54, 1.807) is 0 Å². The van der Waals surface area contributed by atoms with Crippen LogP contribution in [-0.4, -0.2) is 12.7 Å². The number of ether oxygens (including phenoxy) is 1. The van der Waals surface area contributed by atoms with Crippen LogP contribution in [0, 0.1) is 11.3 Å². The van der Waals surface area contributed by atoms with Crippen LogP contribution in [-0.2, 0) is 4.74 Å². The van der Waals surface area contributed by atoms with Crippen molar-refractivity contribution in [2.45, 2.75) is 66.4 Å². The molecule has 0 bridgehead atoms. The largest absolute Gasteiger partial charge is 0.379 e. The van der Waals surface area contributed by atoms with Crippen molar-refractivity contribution in [1.82, 2.24) is 0 Å².